The topological polar surface area (TPSA) is 74.3 Å². The van der Waals surface area contributed by atoms with Gasteiger partial charge in [0.25, 0.3) is 0 Å². The van der Waals surface area contributed by atoms with Crippen LogP contribution in [0.5, 0.6) is 0 Å². The quantitative estimate of drug-likeness (QED) is 0.402. The summed E-state index contributed by atoms with van der Waals surface area (Å²) in [5.74, 6) is -1.32. The molecule has 0 amide bonds. The zero-order valence-electron chi connectivity index (χ0n) is 18.6. The number of esters is 2. The number of hydroxylamine groups is 2. The van der Waals surface area contributed by atoms with Crippen LogP contribution in [0.2, 0.25) is 18.1 Å². The number of carbonyl (C=O) groups excluding carboxylic acids is 2. The van der Waals surface area contributed by atoms with Crippen molar-refractivity contribution in [2.24, 2.45) is 5.41 Å². The summed E-state index contributed by atoms with van der Waals surface area (Å²) in [5.41, 5.74) is -0.745. The van der Waals surface area contributed by atoms with Crippen LogP contribution in [0, 0.1) is 5.41 Å². The molecule has 0 spiro atoms. The lowest BCUT2D eigenvalue weighted by molar-refractivity contribution is -0.402. The molecule has 0 aromatic heterocycles. The number of benzene rings is 1. The van der Waals surface area contributed by atoms with E-state index in [1.807, 2.05) is 30.3 Å². The van der Waals surface area contributed by atoms with Crippen LogP contribution in [0.1, 0.15) is 45.8 Å². The molecule has 0 bridgehead atoms. The van der Waals surface area contributed by atoms with E-state index in [0.717, 1.165) is 5.56 Å². The van der Waals surface area contributed by atoms with Crippen molar-refractivity contribution in [2.45, 2.75) is 64.4 Å². The lowest BCUT2D eigenvalue weighted by Gasteiger charge is -2.49. The predicted molar refractivity (Wildman–Crippen MR) is 111 cm³/mol. The van der Waals surface area contributed by atoms with Crippen LogP contribution in [-0.4, -0.2) is 45.7 Å². The Kier molecular flexibility index (Phi) is 6.94. The maximum atomic E-state index is 12.9. The van der Waals surface area contributed by atoms with E-state index in [1.54, 1.807) is 6.92 Å². The Morgan fingerprint density at radius 2 is 1.62 bits per heavy atom. The van der Waals surface area contributed by atoms with Crippen LogP contribution < -0.4 is 0 Å². The number of ether oxygens (including phenoxy) is 2. The average molecular weight is 424 g/mol. The molecule has 7 nitrogen and oxygen atoms in total. The van der Waals surface area contributed by atoms with Gasteiger partial charge in [-0.25, -0.2) is 0 Å². The highest BCUT2D eigenvalue weighted by Gasteiger charge is 2.61. The molecule has 8 heteroatoms. The molecule has 0 saturated carbocycles. The van der Waals surface area contributed by atoms with Crippen molar-refractivity contribution in [3.8, 4) is 0 Å². The molecule has 1 aromatic rings. The normalized spacial score (nSPS) is 22.8. The average Bonchev–Trinajstić information content (AvgIpc) is 2.68. The Morgan fingerprint density at radius 1 is 1.10 bits per heavy atom. The number of rotatable bonds is 5. The zero-order chi connectivity index (χ0) is 22.0. The van der Waals surface area contributed by atoms with E-state index >= 15 is 0 Å². The first-order chi connectivity index (χ1) is 13.4. The molecule has 1 saturated heterocycles. The van der Waals surface area contributed by atoms with E-state index in [-0.39, 0.29) is 11.5 Å². The first-order valence-corrected chi connectivity index (χ1v) is 12.7. The summed E-state index contributed by atoms with van der Waals surface area (Å²) in [7, 11) is 0.219. The van der Waals surface area contributed by atoms with E-state index in [0.29, 0.717) is 0 Å². The van der Waals surface area contributed by atoms with E-state index in [9.17, 15) is 9.59 Å². The summed E-state index contributed by atoms with van der Waals surface area (Å²) in [6.45, 7) is 12.2. The van der Waals surface area contributed by atoms with Gasteiger partial charge in [0.1, 0.15) is 6.10 Å². The molecule has 1 fully saturated rings. The van der Waals surface area contributed by atoms with Crippen molar-refractivity contribution in [1.29, 1.82) is 0 Å². The van der Waals surface area contributed by atoms with Crippen LogP contribution in [0.15, 0.2) is 30.3 Å². The smallest absolute Gasteiger partial charge is 0.325 e. The second-order valence-electron chi connectivity index (χ2n) is 8.98. The Bertz CT molecular complexity index is 714. The highest BCUT2D eigenvalue weighted by molar-refractivity contribution is 6.74. The number of carbonyl (C=O) groups is 2. The van der Waals surface area contributed by atoms with Gasteiger partial charge in [-0.05, 0) is 30.6 Å². The van der Waals surface area contributed by atoms with Crippen LogP contribution in [0.25, 0.3) is 0 Å². The van der Waals surface area contributed by atoms with Crippen LogP contribution in [0.4, 0.5) is 0 Å². The van der Waals surface area contributed by atoms with Crippen molar-refractivity contribution < 1.29 is 28.4 Å². The van der Waals surface area contributed by atoms with Gasteiger partial charge in [0.2, 0.25) is 8.32 Å². The van der Waals surface area contributed by atoms with Gasteiger partial charge in [0, 0.05) is 6.42 Å². The summed E-state index contributed by atoms with van der Waals surface area (Å²) in [5, 5.41) is 1.24. The first kappa shape index (κ1) is 23.5. The zero-order valence-corrected chi connectivity index (χ0v) is 19.6. The SMILES string of the molecule is COC(=O)C1(C(=O)OC)C[C@@H](c2ccccc2)ON(O[Si](C)(C)C(C)(C)C)[C@H]1C. The van der Waals surface area contributed by atoms with Crippen molar-refractivity contribution in [3.05, 3.63) is 35.9 Å². The Balaban J connectivity index is 2.55. The predicted octanol–water partition coefficient (Wildman–Crippen LogP) is 4.02. The van der Waals surface area contributed by atoms with Gasteiger partial charge in [0.05, 0.1) is 20.3 Å². The molecule has 1 aromatic carbocycles. The molecule has 0 radical (unpaired) electrons. The van der Waals surface area contributed by atoms with Crippen LogP contribution in [-0.2, 0) is 28.4 Å². The molecule has 1 aliphatic rings. The maximum Gasteiger partial charge on any atom is 0.325 e. The third kappa shape index (κ3) is 4.40. The largest absolute Gasteiger partial charge is 0.468 e. The number of methoxy groups -OCH3 is 2. The lowest BCUT2D eigenvalue weighted by atomic mass is 9.74. The molecular weight excluding hydrogens is 390 g/mol. The molecule has 0 N–H and O–H groups in total. The summed E-state index contributed by atoms with van der Waals surface area (Å²) < 4.78 is 16.5. The summed E-state index contributed by atoms with van der Waals surface area (Å²) >= 11 is 0. The van der Waals surface area contributed by atoms with E-state index in [1.165, 1.54) is 19.4 Å². The number of hydrogen-bond acceptors (Lipinski definition) is 7. The highest BCUT2D eigenvalue weighted by atomic mass is 28.4. The maximum absolute atomic E-state index is 12.9. The van der Waals surface area contributed by atoms with E-state index < -0.39 is 37.8 Å². The van der Waals surface area contributed by atoms with Crippen molar-refractivity contribution in [1.82, 2.24) is 5.23 Å². The molecule has 0 aliphatic carbocycles. The fraction of sp³-hybridized carbons (Fsp3) is 0.619. The molecule has 29 heavy (non-hydrogen) atoms. The standard InChI is InChI=1S/C21H33NO6Si/c1-15-21(18(23)25-5,19(24)26-6)14-17(16-12-10-9-11-13-16)27-22(15)28-29(7,8)20(2,3)4/h9-13,15,17H,14H2,1-8H3/t15-,17-/m0/s1. The van der Waals surface area contributed by atoms with Gasteiger partial charge in [-0.2, -0.15) is 0 Å². The Hall–Kier alpha value is -1.74. The van der Waals surface area contributed by atoms with Crippen LogP contribution >= 0.6 is 0 Å². The number of hydrogen-bond donors (Lipinski definition) is 0. The van der Waals surface area contributed by atoms with Gasteiger partial charge >= 0.3 is 11.9 Å². The van der Waals surface area contributed by atoms with Crippen molar-refractivity contribution in [3.63, 3.8) is 0 Å². The minimum Gasteiger partial charge on any atom is -0.468 e. The van der Waals surface area contributed by atoms with Crippen LogP contribution in [0.3, 0.4) is 0 Å². The second-order valence-corrected chi connectivity index (χ2v) is 13.7. The third-order valence-electron chi connectivity index (χ3n) is 6.16. The second kappa shape index (κ2) is 8.55. The Morgan fingerprint density at radius 3 is 2.07 bits per heavy atom. The highest BCUT2D eigenvalue weighted by Crippen LogP contribution is 2.47. The molecule has 2 atom stereocenters. The van der Waals surface area contributed by atoms with Gasteiger partial charge in [-0.1, -0.05) is 56.3 Å². The lowest BCUT2D eigenvalue weighted by Crippen LogP contribution is -2.62. The summed E-state index contributed by atoms with van der Waals surface area (Å²) in [4.78, 5) is 32.1. The first-order valence-electron chi connectivity index (χ1n) is 9.77. The fourth-order valence-electron chi connectivity index (χ4n) is 3.16. The van der Waals surface area contributed by atoms with Crippen molar-refractivity contribution >= 4 is 20.3 Å². The minimum atomic E-state index is -2.32. The van der Waals surface area contributed by atoms with Gasteiger partial charge < -0.3 is 14.0 Å². The summed E-state index contributed by atoms with van der Waals surface area (Å²) in [6, 6.07) is 8.71. The summed E-state index contributed by atoms with van der Waals surface area (Å²) in [6.07, 6.45) is -0.482. The molecular formula is C21H33NO6Si. The monoisotopic (exact) mass is 423 g/mol. The molecule has 1 heterocycles. The van der Waals surface area contributed by atoms with Gasteiger partial charge in [-0.15, -0.1) is 0 Å². The molecule has 2 rings (SSSR count). The van der Waals surface area contributed by atoms with E-state index in [2.05, 4.69) is 33.9 Å². The third-order valence-corrected chi connectivity index (χ3v) is 10.4. The van der Waals surface area contributed by atoms with Gasteiger partial charge in [0.15, 0.2) is 5.41 Å². The molecule has 162 valence electrons. The Labute approximate surface area is 174 Å². The fourth-order valence-corrected chi connectivity index (χ4v) is 4.09. The van der Waals surface area contributed by atoms with E-state index in [4.69, 9.17) is 18.8 Å². The number of nitrogens with zero attached hydrogens (tertiary/aromatic N) is 1. The minimum absolute atomic E-state index is 0.0922. The van der Waals surface area contributed by atoms with Crippen molar-refractivity contribution in [2.75, 3.05) is 14.2 Å². The molecule has 0 unspecified atom stereocenters. The molecule has 1 aliphatic heterocycles. The van der Waals surface area contributed by atoms with Gasteiger partial charge in [-0.3, -0.25) is 14.4 Å².